The number of benzene rings is 2. The summed E-state index contributed by atoms with van der Waals surface area (Å²) < 4.78 is 5.95. The van der Waals surface area contributed by atoms with E-state index in [1.54, 1.807) is 0 Å². The van der Waals surface area contributed by atoms with Crippen molar-refractivity contribution in [1.29, 1.82) is 0 Å². The fraction of sp³-hybridized carbons (Fsp3) is 0.333. The molecule has 2 aromatic heterocycles. The zero-order valence-corrected chi connectivity index (χ0v) is 16.3. The maximum Gasteiger partial charge on any atom is 0.159 e. The van der Waals surface area contributed by atoms with Gasteiger partial charge in [-0.15, -0.1) is 0 Å². The van der Waals surface area contributed by atoms with Gasteiger partial charge in [0, 0.05) is 23.0 Å². The summed E-state index contributed by atoms with van der Waals surface area (Å²) in [5.74, 6) is 1.59. The van der Waals surface area contributed by atoms with Gasteiger partial charge < -0.3 is 14.6 Å². The molecule has 0 bridgehead atoms. The van der Waals surface area contributed by atoms with Crippen LogP contribution in [0.5, 0.6) is 5.75 Å². The van der Waals surface area contributed by atoms with Crippen molar-refractivity contribution in [3.63, 3.8) is 0 Å². The van der Waals surface area contributed by atoms with Crippen LogP contribution in [-0.4, -0.2) is 51.3 Å². The third kappa shape index (κ3) is 3.45. The number of rotatable bonds is 6. The number of H-pyrrole nitrogens is 2. The van der Waals surface area contributed by atoms with Crippen molar-refractivity contribution in [2.45, 2.75) is 19.3 Å². The summed E-state index contributed by atoms with van der Waals surface area (Å²) in [7, 11) is 0. The number of hydrogen-bond donors (Lipinski definition) is 2. The molecule has 0 unspecified atom stereocenters. The highest BCUT2D eigenvalue weighted by atomic mass is 35.5. The minimum Gasteiger partial charge on any atom is -0.493 e. The van der Waals surface area contributed by atoms with Gasteiger partial charge in [0.2, 0.25) is 0 Å². The first-order chi connectivity index (χ1) is 13.8. The number of hydrogen-bond acceptors (Lipinski definition) is 4. The van der Waals surface area contributed by atoms with Crippen LogP contribution in [-0.2, 0) is 0 Å². The van der Waals surface area contributed by atoms with E-state index in [0.29, 0.717) is 5.02 Å². The van der Waals surface area contributed by atoms with Gasteiger partial charge in [-0.3, -0.25) is 5.10 Å². The molecule has 1 fully saturated rings. The second-order valence-corrected chi connectivity index (χ2v) is 7.71. The molecule has 5 rings (SSSR count). The number of ether oxygens (including phenoxy) is 1. The minimum absolute atomic E-state index is 0.679. The van der Waals surface area contributed by atoms with Gasteiger partial charge in [-0.25, -0.2) is 4.98 Å². The minimum atomic E-state index is 0.679. The van der Waals surface area contributed by atoms with Crippen LogP contribution < -0.4 is 4.74 Å². The van der Waals surface area contributed by atoms with Crippen LogP contribution in [0.3, 0.4) is 0 Å². The Morgan fingerprint density at radius 2 is 1.96 bits per heavy atom. The standard InChI is InChI=1S/C21H22ClN5O/c22-14-4-6-16-18(12-14)25-26-20(16)21-23-17-7-5-15(13-19(17)24-21)28-11-3-10-27-8-1-2-9-27/h4-7,12-13H,1-3,8-11H2,(H,23,24)(H,25,26). The molecule has 4 aromatic rings. The van der Waals surface area contributed by atoms with E-state index < -0.39 is 0 Å². The molecule has 0 aliphatic carbocycles. The maximum absolute atomic E-state index is 6.06. The van der Waals surface area contributed by atoms with Crippen molar-refractivity contribution in [3.8, 4) is 17.3 Å². The first-order valence-corrected chi connectivity index (χ1v) is 10.1. The molecule has 28 heavy (non-hydrogen) atoms. The molecule has 2 aromatic carbocycles. The molecule has 0 amide bonds. The van der Waals surface area contributed by atoms with E-state index in [2.05, 4.69) is 25.1 Å². The molecular weight excluding hydrogens is 374 g/mol. The summed E-state index contributed by atoms with van der Waals surface area (Å²) >= 11 is 6.06. The van der Waals surface area contributed by atoms with Gasteiger partial charge in [0.05, 0.1) is 23.2 Å². The fourth-order valence-corrected chi connectivity index (χ4v) is 4.02. The van der Waals surface area contributed by atoms with Crippen LogP contribution in [0.1, 0.15) is 19.3 Å². The van der Waals surface area contributed by atoms with E-state index in [4.69, 9.17) is 16.3 Å². The number of nitrogens with zero attached hydrogens (tertiary/aromatic N) is 3. The summed E-state index contributed by atoms with van der Waals surface area (Å²) in [5, 5.41) is 9.09. The summed E-state index contributed by atoms with van der Waals surface area (Å²) in [6.45, 7) is 4.31. The second-order valence-electron chi connectivity index (χ2n) is 7.28. The summed E-state index contributed by atoms with van der Waals surface area (Å²) in [6, 6.07) is 11.7. The monoisotopic (exact) mass is 395 g/mol. The Morgan fingerprint density at radius 1 is 1.07 bits per heavy atom. The van der Waals surface area contributed by atoms with E-state index in [9.17, 15) is 0 Å². The molecule has 144 valence electrons. The molecule has 0 spiro atoms. The maximum atomic E-state index is 6.06. The molecule has 7 heteroatoms. The van der Waals surface area contributed by atoms with Crippen molar-refractivity contribution in [2.75, 3.05) is 26.2 Å². The number of halogens is 1. The van der Waals surface area contributed by atoms with Crippen LogP contribution in [0, 0.1) is 0 Å². The molecule has 1 saturated heterocycles. The normalized spacial score (nSPS) is 15.0. The Balaban J connectivity index is 1.31. The van der Waals surface area contributed by atoms with E-state index in [0.717, 1.165) is 58.8 Å². The number of imidazole rings is 1. The van der Waals surface area contributed by atoms with Gasteiger partial charge in [-0.05, 0) is 62.7 Å². The molecule has 1 aliphatic rings. The Labute approximate surface area is 167 Å². The lowest BCUT2D eigenvalue weighted by Crippen LogP contribution is -2.21. The number of fused-ring (bicyclic) bond motifs is 2. The Kier molecular flexibility index (Phi) is 4.66. The largest absolute Gasteiger partial charge is 0.493 e. The topological polar surface area (TPSA) is 69.8 Å². The van der Waals surface area contributed by atoms with Gasteiger partial charge in [0.25, 0.3) is 0 Å². The van der Waals surface area contributed by atoms with Crippen molar-refractivity contribution in [2.24, 2.45) is 0 Å². The second kappa shape index (κ2) is 7.45. The van der Waals surface area contributed by atoms with Crippen LogP contribution in [0.2, 0.25) is 5.02 Å². The van der Waals surface area contributed by atoms with E-state index in [1.165, 1.54) is 25.9 Å². The third-order valence-corrected chi connectivity index (χ3v) is 5.52. The van der Waals surface area contributed by atoms with Crippen LogP contribution >= 0.6 is 11.6 Å². The molecule has 0 atom stereocenters. The highest BCUT2D eigenvalue weighted by Crippen LogP contribution is 2.29. The molecule has 1 aliphatic heterocycles. The van der Waals surface area contributed by atoms with Crippen molar-refractivity contribution >= 4 is 33.5 Å². The van der Waals surface area contributed by atoms with Gasteiger partial charge >= 0.3 is 0 Å². The first kappa shape index (κ1) is 17.5. The Bertz CT molecular complexity index is 1110. The van der Waals surface area contributed by atoms with Gasteiger partial charge in [0.15, 0.2) is 5.82 Å². The zero-order chi connectivity index (χ0) is 18.9. The SMILES string of the molecule is Clc1ccc2c(-c3nc4ccc(OCCCN5CCCC5)cc4[nH]3)n[nH]c2c1. The molecule has 6 nitrogen and oxygen atoms in total. The average molecular weight is 396 g/mol. The fourth-order valence-electron chi connectivity index (χ4n) is 3.85. The molecule has 3 heterocycles. The van der Waals surface area contributed by atoms with Crippen LogP contribution in [0.4, 0.5) is 0 Å². The van der Waals surface area contributed by atoms with E-state index >= 15 is 0 Å². The molecule has 0 saturated carbocycles. The lowest BCUT2D eigenvalue weighted by atomic mass is 10.2. The molecular formula is C21H22ClN5O. The highest BCUT2D eigenvalue weighted by molar-refractivity contribution is 6.31. The quantitative estimate of drug-likeness (QED) is 0.467. The number of nitrogens with one attached hydrogen (secondary N) is 2. The van der Waals surface area contributed by atoms with Crippen molar-refractivity contribution in [1.82, 2.24) is 25.1 Å². The average Bonchev–Trinajstić information content (AvgIpc) is 3.43. The smallest absolute Gasteiger partial charge is 0.159 e. The number of aromatic amines is 2. The highest BCUT2D eigenvalue weighted by Gasteiger charge is 2.14. The zero-order valence-electron chi connectivity index (χ0n) is 15.5. The lowest BCUT2D eigenvalue weighted by Gasteiger charge is -2.14. The predicted molar refractivity (Wildman–Crippen MR) is 112 cm³/mol. The van der Waals surface area contributed by atoms with E-state index in [-0.39, 0.29) is 0 Å². The Hall–Kier alpha value is -2.57. The molecule has 2 N–H and O–H groups in total. The first-order valence-electron chi connectivity index (χ1n) is 9.75. The van der Waals surface area contributed by atoms with E-state index in [1.807, 2.05) is 36.4 Å². The number of likely N-dealkylation sites (tertiary alicyclic amines) is 1. The summed E-state index contributed by atoms with van der Waals surface area (Å²) in [4.78, 5) is 10.6. The Morgan fingerprint density at radius 3 is 2.86 bits per heavy atom. The number of aromatic nitrogens is 4. The van der Waals surface area contributed by atoms with Crippen molar-refractivity contribution in [3.05, 3.63) is 41.4 Å². The van der Waals surface area contributed by atoms with Crippen LogP contribution in [0.25, 0.3) is 33.5 Å². The third-order valence-electron chi connectivity index (χ3n) is 5.29. The van der Waals surface area contributed by atoms with Gasteiger partial charge in [-0.1, -0.05) is 11.6 Å². The van der Waals surface area contributed by atoms with Gasteiger partial charge in [0.1, 0.15) is 11.4 Å². The summed E-state index contributed by atoms with van der Waals surface area (Å²) in [5.41, 5.74) is 3.52. The lowest BCUT2D eigenvalue weighted by molar-refractivity contribution is 0.263. The van der Waals surface area contributed by atoms with Crippen LogP contribution in [0.15, 0.2) is 36.4 Å². The molecule has 0 radical (unpaired) electrons. The summed E-state index contributed by atoms with van der Waals surface area (Å²) in [6.07, 6.45) is 3.71. The van der Waals surface area contributed by atoms with Gasteiger partial charge in [-0.2, -0.15) is 5.10 Å². The predicted octanol–water partition coefficient (Wildman–Crippen LogP) is 4.62. The van der Waals surface area contributed by atoms with Crippen molar-refractivity contribution < 1.29 is 4.74 Å².